The van der Waals surface area contributed by atoms with Crippen LogP contribution in [0.3, 0.4) is 0 Å². The number of carbonyl (C=O) groups is 2. The van der Waals surface area contributed by atoms with E-state index >= 15 is 0 Å². The summed E-state index contributed by atoms with van der Waals surface area (Å²) in [6.45, 7) is 6.53. The summed E-state index contributed by atoms with van der Waals surface area (Å²) in [7, 11) is 0. The van der Waals surface area contributed by atoms with Gasteiger partial charge >= 0.3 is 5.97 Å². The average molecular weight is 496 g/mol. The third-order valence-electron chi connectivity index (χ3n) is 5.21. The molecular formula is C28H30ClNO5. The van der Waals surface area contributed by atoms with E-state index in [1.165, 1.54) is 0 Å². The van der Waals surface area contributed by atoms with Crippen LogP contribution in [-0.2, 0) is 24.4 Å². The fraction of sp³-hybridized carbons (Fsp3) is 0.286. The summed E-state index contributed by atoms with van der Waals surface area (Å²) >= 11 is 5.89. The molecule has 184 valence electrons. The Bertz CT molecular complexity index is 1170. The van der Waals surface area contributed by atoms with Crippen LogP contribution in [0.1, 0.15) is 46.5 Å². The van der Waals surface area contributed by atoms with Crippen molar-refractivity contribution in [2.75, 3.05) is 6.54 Å². The molecule has 0 saturated heterocycles. The first-order valence-corrected chi connectivity index (χ1v) is 11.8. The number of nitrogens with one attached hydrogen (secondary N) is 1. The molecule has 0 fully saturated rings. The van der Waals surface area contributed by atoms with E-state index < -0.39 is 5.97 Å². The van der Waals surface area contributed by atoms with Gasteiger partial charge in [-0.3, -0.25) is 4.79 Å². The van der Waals surface area contributed by atoms with Crippen LogP contribution >= 0.6 is 11.6 Å². The normalized spacial score (nSPS) is 10.9. The lowest BCUT2D eigenvalue weighted by atomic mass is 10.1. The Morgan fingerprint density at radius 2 is 1.71 bits per heavy atom. The average Bonchev–Trinajstić information content (AvgIpc) is 2.78. The molecule has 3 rings (SSSR count). The summed E-state index contributed by atoms with van der Waals surface area (Å²) in [5.41, 5.74) is 3.52. The van der Waals surface area contributed by atoms with Gasteiger partial charge in [0, 0.05) is 24.1 Å². The van der Waals surface area contributed by atoms with Gasteiger partial charge in [0.05, 0.1) is 12.6 Å². The zero-order chi connectivity index (χ0) is 25.4. The van der Waals surface area contributed by atoms with E-state index in [2.05, 4.69) is 5.32 Å². The van der Waals surface area contributed by atoms with Crippen molar-refractivity contribution in [2.24, 2.45) is 0 Å². The first-order chi connectivity index (χ1) is 16.7. The number of aromatic carboxylic acids is 1. The third kappa shape index (κ3) is 8.12. The van der Waals surface area contributed by atoms with E-state index in [1.807, 2.05) is 50.2 Å². The Morgan fingerprint density at radius 3 is 2.40 bits per heavy atom. The summed E-state index contributed by atoms with van der Waals surface area (Å²) in [6.07, 6.45) is 0.309. The lowest BCUT2D eigenvalue weighted by molar-refractivity contribution is -0.117. The third-order valence-corrected chi connectivity index (χ3v) is 5.46. The Kier molecular flexibility index (Phi) is 9.29. The van der Waals surface area contributed by atoms with Gasteiger partial charge in [-0.05, 0) is 61.2 Å². The van der Waals surface area contributed by atoms with Crippen molar-refractivity contribution in [1.29, 1.82) is 0 Å². The molecule has 0 aliphatic rings. The van der Waals surface area contributed by atoms with E-state index in [0.29, 0.717) is 29.3 Å². The van der Waals surface area contributed by atoms with Gasteiger partial charge in [-0.25, -0.2) is 4.79 Å². The number of carbonyl (C=O) groups excluding carboxylic acids is 1. The molecule has 7 heteroatoms. The Morgan fingerprint density at radius 1 is 1.00 bits per heavy atom. The maximum absolute atomic E-state index is 12.2. The maximum atomic E-state index is 12.2. The molecule has 0 unspecified atom stereocenters. The van der Waals surface area contributed by atoms with Gasteiger partial charge in [-0.1, -0.05) is 48.0 Å². The number of hydrogen-bond donors (Lipinski definition) is 2. The van der Waals surface area contributed by atoms with Crippen molar-refractivity contribution in [3.05, 3.63) is 93.5 Å². The van der Waals surface area contributed by atoms with E-state index in [9.17, 15) is 14.7 Å². The van der Waals surface area contributed by atoms with Crippen LogP contribution in [0.25, 0.3) is 0 Å². The highest BCUT2D eigenvalue weighted by Gasteiger charge is 2.17. The molecule has 3 aromatic carbocycles. The fourth-order valence-corrected chi connectivity index (χ4v) is 3.81. The first-order valence-electron chi connectivity index (χ1n) is 11.4. The molecule has 0 heterocycles. The molecule has 0 saturated carbocycles. The first kappa shape index (κ1) is 26.3. The molecule has 35 heavy (non-hydrogen) atoms. The van der Waals surface area contributed by atoms with Gasteiger partial charge in [0.15, 0.2) is 5.78 Å². The van der Waals surface area contributed by atoms with Gasteiger partial charge in [-0.15, -0.1) is 0 Å². The van der Waals surface area contributed by atoms with Gasteiger partial charge in [-0.2, -0.15) is 0 Å². The molecule has 0 amide bonds. The standard InChI is InChI=1S/C28H30ClNO5/c1-18(2)35-25-11-19(3)27(28(32)33)26(14-25)34-17-22-6-4-5-21(12-22)15-30-16-24(31)13-20-7-9-23(29)10-8-20/h4-12,14,18,30H,13,15-17H2,1-3H3,(H,32,33). The Labute approximate surface area is 210 Å². The molecule has 6 nitrogen and oxygen atoms in total. The molecule has 0 atom stereocenters. The molecule has 2 N–H and O–H groups in total. The van der Waals surface area contributed by atoms with Gasteiger partial charge in [0.25, 0.3) is 0 Å². The van der Waals surface area contributed by atoms with E-state index in [-0.39, 0.29) is 36.4 Å². The van der Waals surface area contributed by atoms with Crippen LogP contribution < -0.4 is 14.8 Å². The predicted octanol–water partition coefficient (Wildman–Crippen LogP) is 5.61. The van der Waals surface area contributed by atoms with Crippen LogP contribution in [0.15, 0.2) is 60.7 Å². The number of ketones is 1. The second-order valence-electron chi connectivity index (χ2n) is 8.64. The zero-order valence-corrected chi connectivity index (χ0v) is 20.9. The molecule has 0 radical (unpaired) electrons. The monoisotopic (exact) mass is 495 g/mol. The number of carboxylic acid groups (broad SMARTS) is 1. The minimum absolute atomic E-state index is 0.0415. The fourth-order valence-electron chi connectivity index (χ4n) is 3.68. The second kappa shape index (κ2) is 12.4. The van der Waals surface area contributed by atoms with Crippen molar-refractivity contribution < 1.29 is 24.2 Å². The van der Waals surface area contributed by atoms with Crippen LogP contribution in [0.5, 0.6) is 11.5 Å². The van der Waals surface area contributed by atoms with E-state index in [0.717, 1.165) is 16.7 Å². The smallest absolute Gasteiger partial charge is 0.339 e. The molecule has 0 spiro atoms. The molecule has 0 aliphatic heterocycles. The van der Waals surface area contributed by atoms with E-state index in [4.69, 9.17) is 21.1 Å². The summed E-state index contributed by atoms with van der Waals surface area (Å²) < 4.78 is 11.6. The molecule has 0 bridgehead atoms. The van der Waals surface area contributed by atoms with Gasteiger partial charge in [0.1, 0.15) is 23.7 Å². The van der Waals surface area contributed by atoms with Crippen LogP contribution in [0.4, 0.5) is 0 Å². The SMILES string of the molecule is Cc1cc(OC(C)C)cc(OCc2cccc(CNCC(=O)Cc3ccc(Cl)cc3)c2)c1C(=O)O. The quantitative estimate of drug-likeness (QED) is 0.339. The van der Waals surface area contributed by atoms with Crippen molar-refractivity contribution in [1.82, 2.24) is 5.32 Å². The number of halogens is 1. The number of carboxylic acids is 1. The van der Waals surface area contributed by atoms with Crippen molar-refractivity contribution in [2.45, 2.75) is 46.4 Å². The highest BCUT2D eigenvalue weighted by Crippen LogP contribution is 2.30. The van der Waals surface area contributed by atoms with Crippen LogP contribution in [0.2, 0.25) is 5.02 Å². The maximum Gasteiger partial charge on any atom is 0.339 e. The number of ether oxygens (including phenoxy) is 2. The van der Waals surface area contributed by atoms with Crippen LogP contribution in [0, 0.1) is 6.92 Å². The van der Waals surface area contributed by atoms with Crippen LogP contribution in [-0.4, -0.2) is 29.5 Å². The lowest BCUT2D eigenvalue weighted by Crippen LogP contribution is -2.23. The highest BCUT2D eigenvalue weighted by atomic mass is 35.5. The highest BCUT2D eigenvalue weighted by molar-refractivity contribution is 6.30. The summed E-state index contributed by atoms with van der Waals surface area (Å²) in [5.74, 6) is -0.120. The Hall–Kier alpha value is -3.35. The summed E-state index contributed by atoms with van der Waals surface area (Å²) in [5, 5.41) is 13.5. The molecule has 3 aromatic rings. The topological polar surface area (TPSA) is 84.9 Å². The largest absolute Gasteiger partial charge is 0.491 e. The summed E-state index contributed by atoms with van der Waals surface area (Å²) in [6, 6.07) is 18.3. The van der Waals surface area contributed by atoms with Crippen molar-refractivity contribution in [3.63, 3.8) is 0 Å². The molecule has 0 aliphatic carbocycles. The second-order valence-corrected chi connectivity index (χ2v) is 9.08. The van der Waals surface area contributed by atoms with Gasteiger partial charge in [0.2, 0.25) is 0 Å². The molecule has 0 aromatic heterocycles. The Balaban J connectivity index is 1.58. The number of benzene rings is 3. The minimum Gasteiger partial charge on any atom is -0.491 e. The number of Topliss-reactive ketones (excluding diaryl/α,β-unsaturated/α-hetero) is 1. The van der Waals surface area contributed by atoms with E-state index in [1.54, 1.807) is 31.2 Å². The minimum atomic E-state index is -1.05. The predicted molar refractivity (Wildman–Crippen MR) is 137 cm³/mol. The number of hydrogen-bond acceptors (Lipinski definition) is 5. The summed E-state index contributed by atoms with van der Waals surface area (Å²) in [4.78, 5) is 24.0. The zero-order valence-electron chi connectivity index (χ0n) is 20.1. The lowest BCUT2D eigenvalue weighted by Gasteiger charge is -2.16. The number of aryl methyl sites for hydroxylation is 1. The number of rotatable bonds is 12. The van der Waals surface area contributed by atoms with Crippen molar-refractivity contribution in [3.8, 4) is 11.5 Å². The molecular weight excluding hydrogens is 466 g/mol. The van der Waals surface area contributed by atoms with Gasteiger partial charge < -0.3 is 19.9 Å². The van der Waals surface area contributed by atoms with Crippen molar-refractivity contribution >= 4 is 23.4 Å².